The zero-order valence-corrected chi connectivity index (χ0v) is 15.6. The van der Waals surface area contributed by atoms with E-state index in [4.69, 9.17) is 18.9 Å². The Hall–Kier alpha value is -3.82. The maximum atomic E-state index is 12.3. The number of rotatable bonds is 6. The Bertz CT molecular complexity index is 946. The molecule has 0 aromatic heterocycles. The maximum Gasteiger partial charge on any atom is 0.351 e. The monoisotopic (exact) mass is 402 g/mol. The summed E-state index contributed by atoms with van der Waals surface area (Å²) < 4.78 is 21.1. The van der Waals surface area contributed by atoms with Crippen LogP contribution in [-0.2, 0) is 14.3 Å². The van der Waals surface area contributed by atoms with Crippen LogP contribution in [0, 0.1) is 10.1 Å². The van der Waals surface area contributed by atoms with E-state index in [2.05, 4.69) is 5.32 Å². The average molecular weight is 402 g/mol. The number of nitrogens with one attached hydrogen (secondary N) is 1. The van der Waals surface area contributed by atoms with E-state index < -0.39 is 29.0 Å². The van der Waals surface area contributed by atoms with E-state index >= 15 is 0 Å². The molecule has 2 aromatic carbocycles. The van der Waals surface area contributed by atoms with Crippen LogP contribution in [0.3, 0.4) is 0 Å². The van der Waals surface area contributed by atoms with E-state index in [-0.39, 0.29) is 23.7 Å². The number of benzene rings is 2. The van der Waals surface area contributed by atoms with Crippen molar-refractivity contribution in [2.75, 3.05) is 19.0 Å². The molecule has 2 atom stereocenters. The second-order valence-corrected chi connectivity index (χ2v) is 6.07. The summed E-state index contributed by atoms with van der Waals surface area (Å²) in [7, 11) is 1.37. The molecule has 1 aliphatic heterocycles. The number of amides is 1. The normalized spacial score (nSPS) is 15.7. The minimum absolute atomic E-state index is 0.0464. The van der Waals surface area contributed by atoms with Gasteiger partial charge in [0.05, 0.1) is 18.1 Å². The Morgan fingerprint density at radius 3 is 2.66 bits per heavy atom. The quantitative estimate of drug-likeness (QED) is 0.443. The van der Waals surface area contributed by atoms with Gasteiger partial charge in [-0.25, -0.2) is 4.79 Å². The lowest BCUT2D eigenvalue weighted by molar-refractivity contribution is -0.384. The summed E-state index contributed by atoms with van der Waals surface area (Å²) in [6.45, 7) is 1.29. The van der Waals surface area contributed by atoms with Crippen molar-refractivity contribution in [1.29, 1.82) is 0 Å². The number of para-hydroxylation sites is 2. The molecule has 1 N–H and O–H groups in total. The topological polar surface area (TPSA) is 126 Å². The fourth-order valence-electron chi connectivity index (χ4n) is 2.57. The molecule has 3 rings (SSSR count). The minimum Gasteiger partial charge on any atom is -0.496 e. The number of methoxy groups -OCH3 is 1. The van der Waals surface area contributed by atoms with Gasteiger partial charge in [0.25, 0.3) is 11.6 Å². The van der Waals surface area contributed by atoms with Crippen LogP contribution in [-0.4, -0.2) is 42.7 Å². The van der Waals surface area contributed by atoms with Crippen molar-refractivity contribution in [3.63, 3.8) is 0 Å². The molecule has 1 heterocycles. The summed E-state index contributed by atoms with van der Waals surface area (Å²) in [4.78, 5) is 35.2. The van der Waals surface area contributed by atoms with Crippen LogP contribution in [0.25, 0.3) is 0 Å². The van der Waals surface area contributed by atoms with Gasteiger partial charge in [0.15, 0.2) is 17.6 Å². The largest absolute Gasteiger partial charge is 0.496 e. The van der Waals surface area contributed by atoms with Crippen LogP contribution < -0.4 is 19.5 Å². The van der Waals surface area contributed by atoms with Crippen molar-refractivity contribution in [2.24, 2.45) is 0 Å². The number of carbonyl (C=O) groups is 2. The molecular weight excluding hydrogens is 384 g/mol. The third-order valence-electron chi connectivity index (χ3n) is 4.09. The summed E-state index contributed by atoms with van der Waals surface area (Å²) in [5.74, 6) is -0.347. The fourth-order valence-corrected chi connectivity index (χ4v) is 2.57. The number of anilines is 1. The highest BCUT2D eigenvalue weighted by molar-refractivity contribution is 5.97. The summed E-state index contributed by atoms with van der Waals surface area (Å²) in [6.07, 6.45) is -2.25. The Kier molecular flexibility index (Phi) is 5.82. The van der Waals surface area contributed by atoms with E-state index in [1.807, 2.05) is 0 Å². The first-order chi connectivity index (χ1) is 13.9. The number of nitro benzene ring substituents is 1. The molecule has 2 aromatic rings. The second-order valence-electron chi connectivity index (χ2n) is 6.07. The zero-order chi connectivity index (χ0) is 21.0. The summed E-state index contributed by atoms with van der Waals surface area (Å²) >= 11 is 0. The molecule has 0 spiro atoms. The van der Waals surface area contributed by atoms with E-state index in [9.17, 15) is 19.7 Å². The van der Waals surface area contributed by atoms with Crippen LogP contribution in [0.2, 0.25) is 0 Å². The van der Waals surface area contributed by atoms with Gasteiger partial charge < -0.3 is 24.3 Å². The number of nitro groups is 1. The number of ether oxygens (including phenoxy) is 4. The van der Waals surface area contributed by atoms with Gasteiger partial charge in [-0.3, -0.25) is 14.9 Å². The number of nitrogens with zero attached hydrogens (tertiary/aromatic N) is 1. The van der Waals surface area contributed by atoms with Crippen molar-refractivity contribution in [2.45, 2.75) is 19.1 Å². The molecule has 0 saturated heterocycles. The molecular formula is C19H18N2O8. The van der Waals surface area contributed by atoms with Gasteiger partial charge in [0.2, 0.25) is 6.10 Å². The van der Waals surface area contributed by atoms with E-state index in [1.54, 1.807) is 24.3 Å². The second kappa shape index (κ2) is 8.46. The SMILES string of the molecule is COc1ccc(NC(=O)[C@@H](C)OC(=O)[C@@H]2COc3ccccc3O2)c([N+](=O)[O-])c1. The molecule has 0 unspecified atom stereocenters. The Morgan fingerprint density at radius 1 is 1.24 bits per heavy atom. The van der Waals surface area contributed by atoms with Crippen molar-refractivity contribution in [3.8, 4) is 17.2 Å². The third kappa shape index (κ3) is 4.54. The summed E-state index contributed by atoms with van der Waals surface area (Å²) in [5, 5.41) is 13.6. The Morgan fingerprint density at radius 2 is 1.97 bits per heavy atom. The number of hydrogen-bond donors (Lipinski definition) is 1. The minimum atomic E-state index is -1.22. The predicted molar refractivity (Wildman–Crippen MR) is 100 cm³/mol. The lowest BCUT2D eigenvalue weighted by atomic mass is 10.2. The third-order valence-corrected chi connectivity index (χ3v) is 4.09. The van der Waals surface area contributed by atoms with Crippen molar-refractivity contribution >= 4 is 23.3 Å². The lowest BCUT2D eigenvalue weighted by Gasteiger charge is -2.25. The van der Waals surface area contributed by atoms with Crippen molar-refractivity contribution in [1.82, 2.24) is 0 Å². The molecule has 1 amide bonds. The number of carbonyl (C=O) groups excluding carboxylic acids is 2. The molecule has 0 fully saturated rings. The van der Waals surface area contributed by atoms with Gasteiger partial charge in [-0.15, -0.1) is 0 Å². The molecule has 29 heavy (non-hydrogen) atoms. The highest BCUT2D eigenvalue weighted by atomic mass is 16.6. The van der Waals surface area contributed by atoms with Crippen LogP contribution in [0.5, 0.6) is 17.2 Å². The van der Waals surface area contributed by atoms with E-state index in [0.717, 1.165) is 0 Å². The smallest absolute Gasteiger partial charge is 0.351 e. The molecule has 10 heteroatoms. The zero-order valence-electron chi connectivity index (χ0n) is 15.6. The molecule has 1 aliphatic rings. The molecule has 0 saturated carbocycles. The predicted octanol–water partition coefficient (Wildman–Crippen LogP) is 2.31. The van der Waals surface area contributed by atoms with Gasteiger partial charge in [-0.2, -0.15) is 0 Å². The van der Waals surface area contributed by atoms with Crippen LogP contribution in [0.4, 0.5) is 11.4 Å². The van der Waals surface area contributed by atoms with Gasteiger partial charge in [-0.05, 0) is 31.2 Å². The fraction of sp³-hybridized carbons (Fsp3) is 0.263. The summed E-state index contributed by atoms with van der Waals surface area (Å²) in [6, 6.07) is 10.8. The Labute approximate surface area is 165 Å². The van der Waals surface area contributed by atoms with E-state index in [1.165, 1.54) is 32.2 Å². The van der Waals surface area contributed by atoms with Gasteiger partial charge in [0.1, 0.15) is 18.0 Å². The molecule has 0 radical (unpaired) electrons. The number of hydrogen-bond acceptors (Lipinski definition) is 8. The number of fused-ring (bicyclic) bond motifs is 1. The summed E-state index contributed by atoms with van der Waals surface area (Å²) in [5.41, 5.74) is -0.397. The van der Waals surface area contributed by atoms with Crippen LogP contribution >= 0.6 is 0 Å². The Balaban J connectivity index is 1.63. The van der Waals surface area contributed by atoms with Gasteiger partial charge in [0, 0.05) is 0 Å². The molecule has 152 valence electrons. The standard InChI is InChI=1S/C19H18N2O8/c1-11(18(22)20-13-8-7-12(26-2)9-14(13)21(24)25)28-19(23)17-10-27-15-5-3-4-6-16(15)29-17/h3-9,11,17H,10H2,1-2H3,(H,20,22)/t11-,17+/m1/s1. The maximum absolute atomic E-state index is 12.3. The van der Waals surface area contributed by atoms with Gasteiger partial charge >= 0.3 is 5.97 Å². The molecule has 0 aliphatic carbocycles. The number of esters is 1. The average Bonchev–Trinajstić information content (AvgIpc) is 2.73. The first-order valence-electron chi connectivity index (χ1n) is 8.61. The van der Waals surface area contributed by atoms with Gasteiger partial charge in [-0.1, -0.05) is 12.1 Å². The van der Waals surface area contributed by atoms with Crippen LogP contribution in [0.1, 0.15) is 6.92 Å². The van der Waals surface area contributed by atoms with Crippen LogP contribution in [0.15, 0.2) is 42.5 Å². The first kappa shape index (κ1) is 19.9. The molecule has 0 bridgehead atoms. The van der Waals surface area contributed by atoms with E-state index in [0.29, 0.717) is 11.5 Å². The highest BCUT2D eigenvalue weighted by Crippen LogP contribution is 2.31. The first-order valence-corrected chi connectivity index (χ1v) is 8.61. The van der Waals surface area contributed by atoms with Crippen molar-refractivity contribution < 1.29 is 33.5 Å². The lowest BCUT2D eigenvalue weighted by Crippen LogP contribution is -2.41. The van der Waals surface area contributed by atoms with Crippen molar-refractivity contribution in [3.05, 3.63) is 52.6 Å². The highest BCUT2D eigenvalue weighted by Gasteiger charge is 2.31. The molecule has 10 nitrogen and oxygen atoms in total.